The van der Waals surface area contributed by atoms with Crippen LogP contribution in [-0.2, 0) is 11.3 Å². The second-order valence-electron chi connectivity index (χ2n) is 5.94. The highest BCUT2D eigenvalue weighted by atomic mass is 16.5. The van der Waals surface area contributed by atoms with Crippen LogP contribution in [0, 0.1) is 6.92 Å². The van der Waals surface area contributed by atoms with E-state index in [0.717, 1.165) is 48.8 Å². The fraction of sp³-hybridized carbons (Fsp3) is 0.444. The van der Waals surface area contributed by atoms with Gasteiger partial charge in [-0.1, -0.05) is 12.1 Å². The monoisotopic (exact) mass is 328 g/mol. The topological polar surface area (TPSA) is 68.3 Å². The third-order valence-corrected chi connectivity index (χ3v) is 4.00. The van der Waals surface area contributed by atoms with Gasteiger partial charge in [0.25, 0.3) is 0 Å². The summed E-state index contributed by atoms with van der Waals surface area (Å²) < 4.78 is 10.8. The highest BCUT2D eigenvalue weighted by Gasteiger charge is 2.15. The van der Waals surface area contributed by atoms with Crippen LogP contribution in [0.5, 0.6) is 5.75 Å². The summed E-state index contributed by atoms with van der Waals surface area (Å²) in [5.74, 6) is 2.31. The number of nitrogens with zero attached hydrogens (tertiary/aromatic N) is 2. The normalized spacial score (nSPS) is 16.8. The molecule has 1 fully saturated rings. The van der Waals surface area contributed by atoms with Gasteiger partial charge in [-0.3, -0.25) is 0 Å². The number of rotatable bonds is 7. The van der Waals surface area contributed by atoms with Gasteiger partial charge in [0.05, 0.1) is 13.2 Å². The van der Waals surface area contributed by atoms with Crippen LogP contribution >= 0.6 is 0 Å². The predicted molar refractivity (Wildman–Crippen MR) is 94.6 cm³/mol. The fourth-order valence-corrected chi connectivity index (χ4v) is 2.69. The van der Waals surface area contributed by atoms with Crippen LogP contribution in [0.25, 0.3) is 0 Å². The number of aryl methyl sites for hydroxylation is 1. The number of hydrogen-bond donors (Lipinski definition) is 2. The Bertz CT molecular complexity index is 655. The summed E-state index contributed by atoms with van der Waals surface area (Å²) in [5.41, 5.74) is 2.08. The first-order valence-electron chi connectivity index (χ1n) is 8.31. The second kappa shape index (κ2) is 7.97. The smallest absolute Gasteiger partial charge is 0.225 e. The van der Waals surface area contributed by atoms with Crippen LogP contribution in [-0.4, -0.2) is 36.3 Å². The van der Waals surface area contributed by atoms with E-state index in [1.54, 1.807) is 7.11 Å². The van der Waals surface area contributed by atoms with E-state index in [0.29, 0.717) is 12.5 Å². The molecule has 2 N–H and O–H groups in total. The van der Waals surface area contributed by atoms with Crippen molar-refractivity contribution in [3.8, 4) is 5.75 Å². The number of aromatic nitrogens is 2. The molecule has 0 radical (unpaired) electrons. The molecule has 3 rings (SSSR count). The van der Waals surface area contributed by atoms with Crippen molar-refractivity contribution in [1.29, 1.82) is 0 Å². The molecule has 0 spiro atoms. The molecule has 0 saturated carbocycles. The molecule has 1 aliphatic rings. The van der Waals surface area contributed by atoms with Crippen LogP contribution in [0.3, 0.4) is 0 Å². The van der Waals surface area contributed by atoms with E-state index in [9.17, 15) is 0 Å². The molecule has 1 saturated heterocycles. The van der Waals surface area contributed by atoms with Crippen LogP contribution in [0.4, 0.5) is 11.8 Å². The maximum Gasteiger partial charge on any atom is 0.225 e. The number of anilines is 2. The molecular formula is C18H24N4O2. The third kappa shape index (κ3) is 4.58. The lowest BCUT2D eigenvalue weighted by molar-refractivity contribution is 0.120. The predicted octanol–water partition coefficient (Wildman–Crippen LogP) is 3.00. The van der Waals surface area contributed by atoms with Crippen LogP contribution in [0.15, 0.2) is 30.3 Å². The van der Waals surface area contributed by atoms with Crippen molar-refractivity contribution in [2.75, 3.05) is 30.9 Å². The quantitative estimate of drug-likeness (QED) is 0.814. The highest BCUT2D eigenvalue weighted by molar-refractivity contribution is 5.42. The van der Waals surface area contributed by atoms with Gasteiger partial charge in [0.2, 0.25) is 5.95 Å². The summed E-state index contributed by atoms with van der Waals surface area (Å²) in [5, 5.41) is 6.62. The van der Waals surface area contributed by atoms with Gasteiger partial charge in [-0.05, 0) is 37.5 Å². The first kappa shape index (κ1) is 16.5. The SMILES string of the molecule is COc1ccc(CNc2nc(C)cc(NCC3CCCO3)n2)cc1. The summed E-state index contributed by atoms with van der Waals surface area (Å²) >= 11 is 0. The number of ether oxygens (including phenoxy) is 2. The summed E-state index contributed by atoms with van der Waals surface area (Å²) in [4.78, 5) is 8.97. The summed E-state index contributed by atoms with van der Waals surface area (Å²) in [6.45, 7) is 4.29. The Labute approximate surface area is 142 Å². The molecular weight excluding hydrogens is 304 g/mol. The zero-order chi connectivity index (χ0) is 16.8. The lowest BCUT2D eigenvalue weighted by atomic mass is 10.2. The third-order valence-electron chi connectivity index (χ3n) is 4.00. The molecule has 1 atom stereocenters. The minimum atomic E-state index is 0.288. The number of benzene rings is 1. The molecule has 2 heterocycles. The average Bonchev–Trinajstić information content (AvgIpc) is 3.12. The standard InChI is InChI=1S/C18H24N4O2/c1-13-10-17(19-12-16-4-3-9-24-16)22-18(21-13)20-11-14-5-7-15(23-2)8-6-14/h5-8,10,16H,3-4,9,11-12H2,1-2H3,(H2,19,20,21,22). The minimum absolute atomic E-state index is 0.288. The Kier molecular flexibility index (Phi) is 5.48. The van der Waals surface area contributed by atoms with Gasteiger partial charge >= 0.3 is 0 Å². The van der Waals surface area contributed by atoms with Gasteiger partial charge < -0.3 is 20.1 Å². The first-order valence-corrected chi connectivity index (χ1v) is 8.31. The van der Waals surface area contributed by atoms with Crippen molar-refractivity contribution in [2.24, 2.45) is 0 Å². The van der Waals surface area contributed by atoms with Gasteiger partial charge in [0, 0.05) is 31.5 Å². The van der Waals surface area contributed by atoms with Crippen molar-refractivity contribution < 1.29 is 9.47 Å². The number of hydrogen-bond acceptors (Lipinski definition) is 6. The molecule has 1 aromatic carbocycles. The highest BCUT2D eigenvalue weighted by Crippen LogP contribution is 2.16. The molecule has 1 aromatic heterocycles. The number of nitrogens with one attached hydrogen (secondary N) is 2. The van der Waals surface area contributed by atoms with Crippen molar-refractivity contribution in [2.45, 2.75) is 32.4 Å². The van der Waals surface area contributed by atoms with E-state index >= 15 is 0 Å². The first-order chi connectivity index (χ1) is 11.7. The largest absolute Gasteiger partial charge is 0.497 e. The Morgan fingerprint density at radius 1 is 1.21 bits per heavy atom. The molecule has 6 heteroatoms. The minimum Gasteiger partial charge on any atom is -0.497 e. The summed E-state index contributed by atoms with van der Waals surface area (Å²) in [6.07, 6.45) is 2.54. The molecule has 1 aliphatic heterocycles. The van der Waals surface area contributed by atoms with E-state index < -0.39 is 0 Å². The van der Waals surface area contributed by atoms with E-state index in [2.05, 4.69) is 20.6 Å². The zero-order valence-corrected chi connectivity index (χ0v) is 14.2. The zero-order valence-electron chi connectivity index (χ0n) is 14.2. The molecule has 0 bridgehead atoms. The Balaban J connectivity index is 1.57. The van der Waals surface area contributed by atoms with Crippen molar-refractivity contribution >= 4 is 11.8 Å². The van der Waals surface area contributed by atoms with E-state index in [-0.39, 0.29) is 6.10 Å². The lowest BCUT2D eigenvalue weighted by Crippen LogP contribution is -2.19. The van der Waals surface area contributed by atoms with Gasteiger partial charge in [-0.2, -0.15) is 4.98 Å². The average molecular weight is 328 g/mol. The van der Waals surface area contributed by atoms with Crippen LogP contribution in [0.2, 0.25) is 0 Å². The van der Waals surface area contributed by atoms with E-state index in [1.807, 2.05) is 37.3 Å². The Hall–Kier alpha value is -2.34. The van der Waals surface area contributed by atoms with Gasteiger partial charge in [0.15, 0.2) is 0 Å². The molecule has 1 unspecified atom stereocenters. The van der Waals surface area contributed by atoms with Gasteiger partial charge in [-0.15, -0.1) is 0 Å². The maximum absolute atomic E-state index is 5.63. The molecule has 2 aromatic rings. The van der Waals surface area contributed by atoms with Crippen LogP contribution in [0.1, 0.15) is 24.1 Å². The maximum atomic E-state index is 5.63. The van der Waals surface area contributed by atoms with Gasteiger partial charge in [0.1, 0.15) is 11.6 Å². The molecule has 0 aliphatic carbocycles. The van der Waals surface area contributed by atoms with Crippen molar-refractivity contribution in [3.05, 3.63) is 41.6 Å². The Morgan fingerprint density at radius 3 is 2.75 bits per heavy atom. The lowest BCUT2D eigenvalue weighted by Gasteiger charge is -2.13. The second-order valence-corrected chi connectivity index (χ2v) is 5.94. The molecule has 128 valence electrons. The van der Waals surface area contributed by atoms with E-state index in [1.165, 1.54) is 0 Å². The fourth-order valence-electron chi connectivity index (χ4n) is 2.69. The molecule has 0 amide bonds. The van der Waals surface area contributed by atoms with Gasteiger partial charge in [-0.25, -0.2) is 4.98 Å². The molecule has 24 heavy (non-hydrogen) atoms. The van der Waals surface area contributed by atoms with Crippen molar-refractivity contribution in [3.63, 3.8) is 0 Å². The van der Waals surface area contributed by atoms with E-state index in [4.69, 9.17) is 9.47 Å². The Morgan fingerprint density at radius 2 is 2.04 bits per heavy atom. The summed E-state index contributed by atoms with van der Waals surface area (Å²) in [6, 6.07) is 9.90. The molecule has 6 nitrogen and oxygen atoms in total. The van der Waals surface area contributed by atoms with Crippen LogP contribution < -0.4 is 15.4 Å². The van der Waals surface area contributed by atoms with Crippen molar-refractivity contribution in [1.82, 2.24) is 9.97 Å². The summed E-state index contributed by atoms with van der Waals surface area (Å²) in [7, 11) is 1.67. The number of methoxy groups -OCH3 is 1.